The van der Waals surface area contributed by atoms with E-state index in [0.29, 0.717) is 47.3 Å². The highest BCUT2D eigenvalue weighted by atomic mass is 35.5. The number of amides is 2. The SMILES string of the molecule is Cn1nc(C(C)(C)C)cc1NC(=O)c1csc2c1CCN(C(=O)c1cnc3ccc(Cl)cn13)C2. The monoisotopic (exact) mass is 496 g/mol. The molecule has 1 aliphatic rings. The third kappa shape index (κ3) is 3.99. The smallest absolute Gasteiger partial charge is 0.272 e. The molecule has 5 heterocycles. The Morgan fingerprint density at radius 3 is 2.76 bits per heavy atom. The Morgan fingerprint density at radius 1 is 1.24 bits per heavy atom. The number of hydrogen-bond acceptors (Lipinski definition) is 5. The number of anilines is 1. The van der Waals surface area contributed by atoms with E-state index in [-0.39, 0.29) is 17.2 Å². The predicted molar refractivity (Wildman–Crippen MR) is 133 cm³/mol. The van der Waals surface area contributed by atoms with Crippen LogP contribution in [0.2, 0.25) is 5.02 Å². The van der Waals surface area contributed by atoms with Gasteiger partial charge < -0.3 is 10.2 Å². The second-order valence-corrected chi connectivity index (χ2v) is 10.9. The molecular weight excluding hydrogens is 472 g/mol. The minimum Gasteiger partial charge on any atom is -0.332 e. The summed E-state index contributed by atoms with van der Waals surface area (Å²) >= 11 is 7.62. The predicted octanol–water partition coefficient (Wildman–Crippen LogP) is 4.53. The van der Waals surface area contributed by atoms with Crippen LogP contribution in [0.3, 0.4) is 0 Å². The first kappa shape index (κ1) is 22.6. The summed E-state index contributed by atoms with van der Waals surface area (Å²) in [5.74, 6) is 0.398. The van der Waals surface area contributed by atoms with Crippen LogP contribution in [0, 0.1) is 0 Å². The van der Waals surface area contributed by atoms with Crippen LogP contribution >= 0.6 is 22.9 Å². The number of thiophene rings is 1. The highest BCUT2D eigenvalue weighted by Gasteiger charge is 2.29. The first-order valence-corrected chi connectivity index (χ1v) is 12.2. The molecule has 0 aliphatic carbocycles. The Balaban J connectivity index is 1.34. The Morgan fingerprint density at radius 2 is 2.03 bits per heavy atom. The fraction of sp³-hybridized carbons (Fsp3) is 0.333. The number of fused-ring (bicyclic) bond motifs is 2. The van der Waals surface area contributed by atoms with Gasteiger partial charge in [0.1, 0.15) is 17.2 Å². The molecule has 0 spiro atoms. The van der Waals surface area contributed by atoms with E-state index >= 15 is 0 Å². The molecule has 4 aromatic heterocycles. The van der Waals surface area contributed by atoms with Crippen LogP contribution in [0.25, 0.3) is 5.65 Å². The molecule has 1 aliphatic heterocycles. The molecule has 2 amide bonds. The quantitative estimate of drug-likeness (QED) is 0.451. The Labute approximate surface area is 206 Å². The van der Waals surface area contributed by atoms with Gasteiger partial charge in [-0.2, -0.15) is 5.10 Å². The summed E-state index contributed by atoms with van der Waals surface area (Å²) in [5, 5.41) is 9.95. The van der Waals surface area contributed by atoms with Gasteiger partial charge in [-0.3, -0.25) is 18.7 Å². The minimum atomic E-state index is -0.155. The van der Waals surface area contributed by atoms with Gasteiger partial charge >= 0.3 is 0 Å². The molecule has 1 N–H and O–H groups in total. The van der Waals surface area contributed by atoms with Crippen LogP contribution < -0.4 is 5.32 Å². The molecule has 0 fully saturated rings. The van der Waals surface area contributed by atoms with Crippen LogP contribution in [0.4, 0.5) is 5.82 Å². The second kappa shape index (κ2) is 8.25. The first-order chi connectivity index (χ1) is 16.1. The maximum absolute atomic E-state index is 13.2. The van der Waals surface area contributed by atoms with Gasteiger partial charge in [-0.05, 0) is 24.1 Å². The molecule has 0 bridgehead atoms. The first-order valence-electron chi connectivity index (χ1n) is 11.0. The molecular formula is C24H25ClN6O2S. The number of carbonyl (C=O) groups is 2. The minimum absolute atomic E-state index is 0.107. The molecule has 0 atom stereocenters. The normalized spacial score (nSPS) is 13.9. The number of aromatic nitrogens is 4. The van der Waals surface area contributed by atoms with E-state index in [1.807, 2.05) is 18.5 Å². The third-order valence-electron chi connectivity index (χ3n) is 6.06. The number of rotatable bonds is 3. The molecule has 0 unspecified atom stereocenters. The summed E-state index contributed by atoms with van der Waals surface area (Å²) in [6.07, 6.45) is 3.89. The number of carbonyl (C=O) groups excluding carboxylic acids is 2. The van der Waals surface area contributed by atoms with Crippen LogP contribution in [0.5, 0.6) is 0 Å². The number of nitrogens with one attached hydrogen (secondary N) is 1. The van der Waals surface area contributed by atoms with Gasteiger partial charge in [-0.15, -0.1) is 11.3 Å². The highest BCUT2D eigenvalue weighted by Crippen LogP contribution is 2.31. The average molecular weight is 497 g/mol. The zero-order chi connectivity index (χ0) is 24.2. The maximum atomic E-state index is 13.2. The Bertz CT molecular complexity index is 1430. The van der Waals surface area contributed by atoms with Gasteiger partial charge in [0, 0.05) is 41.5 Å². The van der Waals surface area contributed by atoms with Crippen LogP contribution in [-0.4, -0.2) is 42.4 Å². The van der Waals surface area contributed by atoms with E-state index < -0.39 is 0 Å². The van der Waals surface area contributed by atoms with Crippen LogP contribution in [-0.2, 0) is 25.4 Å². The van der Waals surface area contributed by atoms with E-state index in [1.165, 1.54) is 11.3 Å². The summed E-state index contributed by atoms with van der Waals surface area (Å²) in [6, 6.07) is 5.45. The topological polar surface area (TPSA) is 84.5 Å². The van der Waals surface area contributed by atoms with E-state index in [2.05, 4.69) is 36.2 Å². The molecule has 4 aromatic rings. The maximum Gasteiger partial charge on any atom is 0.272 e. The lowest BCUT2D eigenvalue weighted by atomic mass is 9.92. The molecule has 8 nitrogen and oxygen atoms in total. The largest absolute Gasteiger partial charge is 0.332 e. The summed E-state index contributed by atoms with van der Waals surface area (Å²) in [7, 11) is 1.82. The number of imidazole rings is 1. The van der Waals surface area contributed by atoms with Crippen molar-refractivity contribution in [3.63, 3.8) is 0 Å². The van der Waals surface area contributed by atoms with Crippen LogP contribution in [0.1, 0.15) is 57.8 Å². The van der Waals surface area contributed by atoms with E-state index in [9.17, 15) is 9.59 Å². The van der Waals surface area contributed by atoms with E-state index in [0.717, 1.165) is 16.1 Å². The van der Waals surface area contributed by atoms with Gasteiger partial charge in [0.25, 0.3) is 11.8 Å². The number of nitrogens with zero attached hydrogens (tertiary/aromatic N) is 5. The van der Waals surface area contributed by atoms with Crippen molar-refractivity contribution >= 4 is 46.2 Å². The van der Waals surface area contributed by atoms with Crippen molar-refractivity contribution in [2.75, 3.05) is 11.9 Å². The summed E-state index contributed by atoms with van der Waals surface area (Å²) < 4.78 is 3.41. The van der Waals surface area contributed by atoms with Gasteiger partial charge in [-0.25, -0.2) is 4.98 Å². The van der Waals surface area contributed by atoms with E-state index in [1.54, 1.807) is 38.5 Å². The summed E-state index contributed by atoms with van der Waals surface area (Å²) in [6.45, 7) is 7.25. The summed E-state index contributed by atoms with van der Waals surface area (Å²) in [4.78, 5) is 33.5. The molecule has 0 radical (unpaired) electrons. The molecule has 176 valence electrons. The highest BCUT2D eigenvalue weighted by molar-refractivity contribution is 7.10. The van der Waals surface area contributed by atoms with E-state index in [4.69, 9.17) is 11.6 Å². The third-order valence-corrected chi connectivity index (χ3v) is 7.29. The summed E-state index contributed by atoms with van der Waals surface area (Å²) in [5.41, 5.74) is 3.62. The lowest BCUT2D eigenvalue weighted by molar-refractivity contribution is 0.0730. The van der Waals surface area contributed by atoms with Crippen molar-refractivity contribution in [2.45, 2.75) is 39.2 Å². The number of aryl methyl sites for hydroxylation is 1. The van der Waals surface area contributed by atoms with Crippen molar-refractivity contribution < 1.29 is 9.59 Å². The second-order valence-electron chi connectivity index (χ2n) is 9.49. The molecule has 34 heavy (non-hydrogen) atoms. The van der Waals surface area contributed by atoms with Crippen molar-refractivity contribution in [2.24, 2.45) is 7.05 Å². The van der Waals surface area contributed by atoms with Crippen molar-refractivity contribution in [3.8, 4) is 0 Å². The zero-order valence-corrected chi connectivity index (χ0v) is 21.0. The molecule has 0 saturated carbocycles. The van der Waals surface area contributed by atoms with Crippen molar-refractivity contribution in [1.29, 1.82) is 0 Å². The Kier molecular flexibility index (Phi) is 5.49. The number of halogens is 1. The van der Waals surface area contributed by atoms with Gasteiger partial charge in [0.15, 0.2) is 0 Å². The number of hydrogen-bond donors (Lipinski definition) is 1. The standard InChI is InChI=1S/C24H25ClN6O2S/c1-24(2,3)19-9-21(29(4)28-19)27-22(32)16-13-34-18-12-30(8-7-15(16)18)23(33)17-10-26-20-6-5-14(25)11-31(17)20/h5-6,9-11,13H,7-8,12H2,1-4H3,(H,27,32). The van der Waals surface area contributed by atoms with Gasteiger partial charge in [-0.1, -0.05) is 32.4 Å². The lowest BCUT2D eigenvalue weighted by Gasteiger charge is -2.27. The molecule has 10 heteroatoms. The van der Waals surface area contributed by atoms with Crippen LogP contribution in [0.15, 0.2) is 36.0 Å². The van der Waals surface area contributed by atoms with Crippen molar-refractivity contribution in [3.05, 3.63) is 68.4 Å². The fourth-order valence-corrected chi connectivity index (χ4v) is 5.36. The van der Waals surface area contributed by atoms with Gasteiger partial charge in [0.05, 0.1) is 29.0 Å². The number of pyridine rings is 1. The Hall–Kier alpha value is -3.17. The molecule has 0 aromatic carbocycles. The fourth-order valence-electron chi connectivity index (χ4n) is 4.10. The lowest BCUT2D eigenvalue weighted by Crippen LogP contribution is -2.36. The average Bonchev–Trinajstić information content (AvgIpc) is 3.49. The molecule has 0 saturated heterocycles. The zero-order valence-electron chi connectivity index (χ0n) is 19.4. The molecule has 5 rings (SSSR count). The van der Waals surface area contributed by atoms with Gasteiger partial charge in [0.2, 0.25) is 0 Å². The van der Waals surface area contributed by atoms with Crippen molar-refractivity contribution in [1.82, 2.24) is 24.1 Å².